The summed E-state index contributed by atoms with van der Waals surface area (Å²) < 4.78 is 1.22. The molecule has 196 valence electrons. The molecule has 0 radical (unpaired) electrons. The molecule has 6 aromatic rings. The molecule has 5 heteroatoms. The molecule has 0 saturated carbocycles. The highest BCUT2D eigenvalue weighted by Gasteiger charge is 2.20. The highest BCUT2D eigenvalue weighted by Crippen LogP contribution is 2.37. The van der Waals surface area contributed by atoms with Crippen molar-refractivity contribution >= 4 is 44.8 Å². The topological polar surface area (TPSA) is 38.1 Å². The number of hydrogen-bond donors (Lipinski definition) is 0. The lowest BCUT2D eigenvalue weighted by atomic mass is 9.97. The molecule has 0 atom stereocenters. The van der Waals surface area contributed by atoms with Crippen LogP contribution in [0.1, 0.15) is 21.6 Å². The van der Waals surface area contributed by atoms with Gasteiger partial charge in [-0.1, -0.05) is 127 Å². The molecule has 2 aromatic heterocycles. The van der Waals surface area contributed by atoms with Gasteiger partial charge in [-0.25, -0.2) is 15.0 Å². The fourth-order valence-electron chi connectivity index (χ4n) is 5.20. The minimum absolute atomic E-state index is 0.454. The second-order valence-corrected chi connectivity index (χ2v) is 11.3. The van der Waals surface area contributed by atoms with Gasteiger partial charge in [-0.2, -0.15) is 0 Å². The first-order valence-electron chi connectivity index (χ1n) is 13.4. The molecule has 0 aliphatic carbocycles. The molecular weight excluding hydrogens is 542 g/mol. The van der Waals surface area contributed by atoms with Gasteiger partial charge in [0.05, 0.1) is 22.0 Å². The number of fused-ring (bicyclic) bond motifs is 3. The molecule has 7 rings (SSSR count). The highest BCUT2D eigenvalue weighted by atomic mass is 35.5. The highest BCUT2D eigenvalue weighted by molar-refractivity contribution is 7.21. The predicted molar refractivity (Wildman–Crippen MR) is 174 cm³/mol. The normalized spacial score (nSPS) is 12.8. The number of aromatic nitrogens is 2. The minimum Gasteiger partial charge on any atom is -0.235 e. The van der Waals surface area contributed by atoms with E-state index in [1.807, 2.05) is 60.7 Å². The van der Waals surface area contributed by atoms with Crippen molar-refractivity contribution < 1.29 is 0 Å². The van der Waals surface area contributed by atoms with Crippen LogP contribution in [0.15, 0.2) is 131 Å². The van der Waals surface area contributed by atoms with Gasteiger partial charge in [-0.3, -0.25) is 0 Å². The zero-order valence-electron chi connectivity index (χ0n) is 22.3. The monoisotopic (exact) mass is 565 g/mol. The SMILES string of the molecule is Cc1c(-c2ccccc2)nc(-c2ccccc2)nc1-c1ccc(C2=NC(Cl)=CC=Cc3c2sc2ccccc32)cc1. The second-order valence-electron chi connectivity index (χ2n) is 9.83. The summed E-state index contributed by atoms with van der Waals surface area (Å²) in [7, 11) is 0. The lowest BCUT2D eigenvalue weighted by Crippen LogP contribution is -2.04. The van der Waals surface area contributed by atoms with Gasteiger partial charge in [-0.15, -0.1) is 11.3 Å². The standard InChI is InChI=1S/C36H24ClN3S/c1-23-32(24-11-4-2-5-12-24)39-36(27-13-6-3-7-14-27)40-33(23)25-19-21-26(22-20-25)34-35-29(16-10-18-31(37)38-34)28-15-8-9-17-30(28)41-35/h2-22H,1H3. The maximum atomic E-state index is 6.51. The first kappa shape index (κ1) is 25.3. The maximum absolute atomic E-state index is 6.51. The van der Waals surface area contributed by atoms with E-state index >= 15 is 0 Å². The number of aliphatic imine (C=N–C) groups is 1. The lowest BCUT2D eigenvalue weighted by Gasteiger charge is -2.14. The van der Waals surface area contributed by atoms with Crippen molar-refractivity contribution in [2.45, 2.75) is 6.92 Å². The first-order valence-corrected chi connectivity index (χ1v) is 14.6. The van der Waals surface area contributed by atoms with Crippen LogP contribution in [-0.2, 0) is 0 Å². The van der Waals surface area contributed by atoms with Gasteiger partial charge in [0, 0.05) is 43.5 Å². The number of halogens is 1. The molecule has 0 amide bonds. The maximum Gasteiger partial charge on any atom is 0.160 e. The third-order valence-electron chi connectivity index (χ3n) is 7.22. The summed E-state index contributed by atoms with van der Waals surface area (Å²) in [6, 6.07) is 37.4. The van der Waals surface area contributed by atoms with Crippen LogP contribution in [0.4, 0.5) is 0 Å². The van der Waals surface area contributed by atoms with Crippen LogP contribution in [0.25, 0.3) is 50.1 Å². The number of hydrogen-bond acceptors (Lipinski definition) is 4. The van der Waals surface area contributed by atoms with Gasteiger partial charge in [0.15, 0.2) is 5.82 Å². The van der Waals surface area contributed by atoms with Crippen LogP contribution in [0.3, 0.4) is 0 Å². The molecule has 0 bridgehead atoms. The molecule has 41 heavy (non-hydrogen) atoms. The predicted octanol–water partition coefficient (Wildman–Crippen LogP) is 9.95. The molecule has 0 saturated heterocycles. The number of thiophene rings is 1. The van der Waals surface area contributed by atoms with Crippen LogP contribution in [-0.4, -0.2) is 15.7 Å². The number of nitrogens with zero attached hydrogens (tertiary/aromatic N) is 3. The van der Waals surface area contributed by atoms with Crippen LogP contribution < -0.4 is 0 Å². The van der Waals surface area contributed by atoms with E-state index in [0.29, 0.717) is 11.0 Å². The smallest absolute Gasteiger partial charge is 0.160 e. The van der Waals surface area contributed by atoms with E-state index in [-0.39, 0.29) is 0 Å². The van der Waals surface area contributed by atoms with Gasteiger partial charge in [0.2, 0.25) is 0 Å². The average molecular weight is 566 g/mol. The molecule has 1 aliphatic rings. The fraction of sp³-hybridized carbons (Fsp3) is 0.0278. The lowest BCUT2D eigenvalue weighted by molar-refractivity contribution is 1.15. The van der Waals surface area contributed by atoms with E-state index in [0.717, 1.165) is 49.8 Å². The van der Waals surface area contributed by atoms with Crippen molar-refractivity contribution in [3.8, 4) is 33.9 Å². The number of rotatable bonds is 4. The van der Waals surface area contributed by atoms with E-state index in [9.17, 15) is 0 Å². The summed E-state index contributed by atoms with van der Waals surface area (Å²) in [4.78, 5) is 16.0. The van der Waals surface area contributed by atoms with E-state index in [1.165, 1.54) is 15.6 Å². The van der Waals surface area contributed by atoms with Gasteiger partial charge in [-0.05, 0) is 19.1 Å². The number of benzene rings is 4. The third-order valence-corrected chi connectivity index (χ3v) is 8.62. The molecule has 3 nitrogen and oxygen atoms in total. The van der Waals surface area contributed by atoms with Crippen molar-refractivity contribution in [2.75, 3.05) is 0 Å². The second kappa shape index (κ2) is 10.7. The number of allylic oxidation sites excluding steroid dienone is 2. The van der Waals surface area contributed by atoms with Crippen molar-refractivity contribution in [3.05, 3.63) is 148 Å². The van der Waals surface area contributed by atoms with Crippen LogP contribution >= 0.6 is 22.9 Å². The van der Waals surface area contributed by atoms with Gasteiger partial charge >= 0.3 is 0 Å². The largest absolute Gasteiger partial charge is 0.235 e. The Morgan fingerprint density at radius 3 is 1.93 bits per heavy atom. The Hall–Kier alpha value is -4.64. The quantitative estimate of drug-likeness (QED) is 0.199. The summed E-state index contributed by atoms with van der Waals surface area (Å²) in [5.74, 6) is 0.706. The van der Waals surface area contributed by atoms with E-state index in [1.54, 1.807) is 11.3 Å². The van der Waals surface area contributed by atoms with Crippen LogP contribution in [0.2, 0.25) is 0 Å². The molecule has 3 heterocycles. The summed E-state index contributed by atoms with van der Waals surface area (Å²) in [6.07, 6.45) is 5.93. The molecular formula is C36H24ClN3S. The molecule has 0 fully saturated rings. The summed E-state index contributed by atoms with van der Waals surface area (Å²) in [5, 5.41) is 1.67. The molecule has 4 aromatic carbocycles. The van der Waals surface area contributed by atoms with E-state index in [4.69, 9.17) is 26.6 Å². The Morgan fingerprint density at radius 2 is 1.22 bits per heavy atom. The Morgan fingerprint density at radius 1 is 0.634 bits per heavy atom. The van der Waals surface area contributed by atoms with Crippen LogP contribution in [0.5, 0.6) is 0 Å². The molecule has 1 aliphatic heterocycles. The molecule has 0 N–H and O–H groups in total. The van der Waals surface area contributed by atoms with E-state index in [2.05, 4.69) is 73.7 Å². The Bertz CT molecular complexity index is 1990. The Balaban J connectivity index is 1.36. The van der Waals surface area contributed by atoms with Gasteiger partial charge in [0.25, 0.3) is 0 Å². The fourth-order valence-corrected chi connectivity index (χ4v) is 6.56. The van der Waals surface area contributed by atoms with Crippen molar-refractivity contribution in [1.82, 2.24) is 9.97 Å². The minimum atomic E-state index is 0.454. The summed E-state index contributed by atoms with van der Waals surface area (Å²) in [5.41, 5.74) is 8.99. The van der Waals surface area contributed by atoms with Crippen molar-refractivity contribution in [1.29, 1.82) is 0 Å². The van der Waals surface area contributed by atoms with Crippen molar-refractivity contribution in [2.24, 2.45) is 4.99 Å². The molecule has 0 unspecified atom stereocenters. The zero-order chi connectivity index (χ0) is 27.8. The Kier molecular flexibility index (Phi) is 6.63. The summed E-state index contributed by atoms with van der Waals surface area (Å²) >= 11 is 8.25. The first-order chi connectivity index (χ1) is 20.2. The van der Waals surface area contributed by atoms with E-state index < -0.39 is 0 Å². The third kappa shape index (κ3) is 4.82. The molecule has 0 spiro atoms. The zero-order valence-corrected chi connectivity index (χ0v) is 23.8. The average Bonchev–Trinajstić information content (AvgIpc) is 3.38. The van der Waals surface area contributed by atoms with Gasteiger partial charge in [0.1, 0.15) is 5.16 Å². The Labute approximate surface area is 247 Å². The summed E-state index contributed by atoms with van der Waals surface area (Å²) in [6.45, 7) is 2.10. The van der Waals surface area contributed by atoms with Gasteiger partial charge < -0.3 is 0 Å². The van der Waals surface area contributed by atoms with Crippen molar-refractivity contribution in [3.63, 3.8) is 0 Å². The van der Waals surface area contributed by atoms with Crippen LogP contribution in [0, 0.1) is 6.92 Å².